The lowest BCUT2D eigenvalue weighted by Crippen LogP contribution is -2.34. The highest BCUT2D eigenvalue weighted by Crippen LogP contribution is 2.52. The van der Waals surface area contributed by atoms with Crippen LogP contribution in [0, 0.1) is 11.6 Å². The number of Topliss-reactive ketones (excluding diaryl/α,β-unsaturated/α-hetero) is 2. The van der Waals surface area contributed by atoms with Crippen molar-refractivity contribution in [1.82, 2.24) is 25.3 Å². The smallest absolute Gasteiger partial charge is 0.315 e. The largest absolute Gasteiger partial charge is 0.344 e. The van der Waals surface area contributed by atoms with Gasteiger partial charge < -0.3 is 11.1 Å². The van der Waals surface area contributed by atoms with Crippen LogP contribution in [0.15, 0.2) is 61.2 Å². The van der Waals surface area contributed by atoms with Crippen LogP contribution in [0.1, 0.15) is 69.2 Å². The lowest BCUT2D eigenvalue weighted by molar-refractivity contribution is -0.131. The van der Waals surface area contributed by atoms with Crippen LogP contribution >= 0.6 is 23.2 Å². The fraction of sp³-hybridized carbons (Fsp3) is 0.324. The van der Waals surface area contributed by atoms with Crippen molar-refractivity contribution < 1.29 is 31.9 Å². The van der Waals surface area contributed by atoms with Gasteiger partial charge in [0, 0.05) is 58.5 Å². The van der Waals surface area contributed by atoms with E-state index in [0.717, 1.165) is 25.7 Å². The fourth-order valence-electron chi connectivity index (χ4n) is 5.47. The van der Waals surface area contributed by atoms with Gasteiger partial charge in [0.2, 0.25) is 0 Å². The second kappa shape index (κ2) is 15.1. The lowest BCUT2D eigenvalue weighted by atomic mass is 9.91. The van der Waals surface area contributed by atoms with Gasteiger partial charge in [-0.3, -0.25) is 14.4 Å². The minimum Gasteiger partial charge on any atom is -0.344 e. The summed E-state index contributed by atoms with van der Waals surface area (Å²) in [5, 5.41) is 2.54. The number of nitrogens with zero attached hydrogens (tertiary/aromatic N) is 4. The Hall–Kier alpha value is -4.33. The molecule has 0 atom stereocenters. The predicted molar refractivity (Wildman–Crippen MR) is 173 cm³/mol. The summed E-state index contributed by atoms with van der Waals surface area (Å²) in [4.78, 5) is 50.8. The van der Waals surface area contributed by atoms with Crippen LogP contribution in [-0.4, -0.2) is 56.9 Å². The Labute approximate surface area is 288 Å². The van der Waals surface area contributed by atoms with Crippen molar-refractivity contribution in [2.75, 3.05) is 13.1 Å². The van der Waals surface area contributed by atoms with Gasteiger partial charge in [0.1, 0.15) is 23.3 Å². The van der Waals surface area contributed by atoms with Crippen molar-refractivity contribution in [2.24, 2.45) is 5.73 Å². The van der Waals surface area contributed by atoms with Crippen LogP contribution in [0.5, 0.6) is 0 Å². The van der Waals surface area contributed by atoms with E-state index in [4.69, 9.17) is 28.9 Å². The Morgan fingerprint density at radius 2 is 1.14 bits per heavy atom. The Kier molecular flexibility index (Phi) is 11.1. The van der Waals surface area contributed by atoms with Crippen molar-refractivity contribution >= 4 is 40.7 Å². The molecule has 1 amide bonds. The molecule has 2 heterocycles. The molecule has 49 heavy (non-hydrogen) atoms. The molecule has 0 unspecified atom stereocenters. The summed E-state index contributed by atoms with van der Waals surface area (Å²) in [6.07, 6.45) is 6.62. The molecule has 2 aliphatic rings. The van der Waals surface area contributed by atoms with Crippen LogP contribution in [-0.2, 0) is 28.5 Å². The Morgan fingerprint density at radius 1 is 0.735 bits per heavy atom. The van der Waals surface area contributed by atoms with Gasteiger partial charge >= 0.3 is 6.43 Å². The molecule has 6 rings (SSSR count). The number of hydrogen-bond donors (Lipinski definition) is 2. The van der Waals surface area contributed by atoms with E-state index in [1.54, 1.807) is 24.3 Å². The van der Waals surface area contributed by atoms with Crippen LogP contribution in [0.25, 0.3) is 0 Å². The third-order valence-electron chi connectivity index (χ3n) is 8.57. The SMILES string of the molecule is NCC(=O)c1cnc(CC2(c3ccc(Cl)cc3F)CC2)nc1.O=C(CNC(=O)C(F)F)c1cnc(CC2(c3ccc(Cl)cc3F)CC2)nc1. The molecule has 0 aliphatic heterocycles. The zero-order valence-corrected chi connectivity index (χ0v) is 27.4. The molecule has 2 aromatic carbocycles. The first-order valence-corrected chi connectivity index (χ1v) is 16.0. The number of alkyl halides is 2. The second-order valence-corrected chi connectivity index (χ2v) is 12.9. The number of ketones is 2. The van der Waals surface area contributed by atoms with E-state index < -0.39 is 24.7 Å². The number of aromatic nitrogens is 4. The molecule has 15 heteroatoms. The van der Waals surface area contributed by atoms with E-state index in [9.17, 15) is 31.9 Å². The monoisotopic (exact) mass is 716 g/mol. The summed E-state index contributed by atoms with van der Waals surface area (Å²) in [5.74, 6) is -1.92. The van der Waals surface area contributed by atoms with E-state index in [2.05, 4.69) is 19.9 Å². The zero-order valence-electron chi connectivity index (χ0n) is 25.9. The van der Waals surface area contributed by atoms with Gasteiger partial charge in [-0.05, 0) is 61.1 Å². The number of halogens is 6. The molecule has 2 saturated carbocycles. The van der Waals surface area contributed by atoms with Gasteiger partial charge in [-0.25, -0.2) is 28.7 Å². The summed E-state index contributed by atoms with van der Waals surface area (Å²) in [6, 6.07) is 9.33. The fourth-order valence-corrected chi connectivity index (χ4v) is 5.79. The minimum atomic E-state index is -3.18. The average molecular weight is 718 g/mol. The first-order valence-electron chi connectivity index (χ1n) is 15.2. The average Bonchev–Trinajstić information content (AvgIpc) is 4.02. The van der Waals surface area contributed by atoms with E-state index in [0.29, 0.717) is 51.2 Å². The first kappa shape index (κ1) is 36.0. The summed E-state index contributed by atoms with van der Waals surface area (Å²) < 4.78 is 52.5. The molecule has 2 aliphatic carbocycles. The number of nitrogens with one attached hydrogen (secondary N) is 1. The van der Waals surface area contributed by atoms with Crippen LogP contribution in [0.4, 0.5) is 17.6 Å². The summed E-state index contributed by atoms with van der Waals surface area (Å²) in [5.41, 5.74) is 6.37. The molecule has 9 nitrogen and oxygen atoms in total. The van der Waals surface area contributed by atoms with Crippen molar-refractivity contribution in [3.05, 3.63) is 117 Å². The molecule has 2 aromatic heterocycles. The number of carbonyl (C=O) groups excluding carboxylic acids is 3. The Morgan fingerprint density at radius 3 is 1.49 bits per heavy atom. The van der Waals surface area contributed by atoms with E-state index in [1.165, 1.54) is 36.9 Å². The predicted octanol–water partition coefficient (Wildman–Crippen LogP) is 5.79. The van der Waals surface area contributed by atoms with E-state index >= 15 is 0 Å². The van der Waals surface area contributed by atoms with Gasteiger partial charge in [0.25, 0.3) is 5.91 Å². The molecule has 0 saturated heterocycles. The summed E-state index contributed by atoms with van der Waals surface area (Å²) in [7, 11) is 0. The van der Waals surface area contributed by atoms with Gasteiger partial charge in [-0.1, -0.05) is 35.3 Å². The van der Waals surface area contributed by atoms with Crippen molar-refractivity contribution in [3.63, 3.8) is 0 Å². The molecule has 4 aromatic rings. The molecule has 256 valence electrons. The van der Waals surface area contributed by atoms with Crippen molar-refractivity contribution in [3.8, 4) is 0 Å². The summed E-state index contributed by atoms with van der Waals surface area (Å²) in [6.45, 7) is -0.631. The Bertz CT molecular complexity index is 1850. The number of hydrogen-bond acceptors (Lipinski definition) is 8. The molecule has 3 N–H and O–H groups in total. The number of carbonyl (C=O) groups is 3. The molecule has 2 fully saturated rings. The van der Waals surface area contributed by atoms with Crippen molar-refractivity contribution in [1.29, 1.82) is 0 Å². The maximum Gasteiger partial charge on any atom is 0.315 e. The molecule has 0 spiro atoms. The highest BCUT2D eigenvalue weighted by Gasteiger charge is 2.47. The number of nitrogens with two attached hydrogens (primary N) is 1. The summed E-state index contributed by atoms with van der Waals surface area (Å²) >= 11 is 11.6. The van der Waals surface area contributed by atoms with Gasteiger partial charge in [0.15, 0.2) is 11.6 Å². The minimum absolute atomic E-state index is 0.0668. The maximum absolute atomic E-state index is 14.2. The van der Waals surface area contributed by atoms with E-state index in [-0.39, 0.29) is 40.4 Å². The highest BCUT2D eigenvalue weighted by molar-refractivity contribution is 6.30. The zero-order chi connectivity index (χ0) is 35.3. The maximum atomic E-state index is 14.2. The molecule has 0 radical (unpaired) electrons. The van der Waals surface area contributed by atoms with Gasteiger partial charge in [-0.15, -0.1) is 0 Å². The van der Waals surface area contributed by atoms with Gasteiger partial charge in [0.05, 0.1) is 24.2 Å². The number of amides is 1. The molecular formula is C34H30Cl2F4N6O3. The topological polar surface area (TPSA) is 141 Å². The second-order valence-electron chi connectivity index (χ2n) is 12.0. The Balaban J connectivity index is 0.000000195. The van der Waals surface area contributed by atoms with Crippen LogP contribution in [0.2, 0.25) is 10.0 Å². The van der Waals surface area contributed by atoms with Crippen LogP contribution in [0.3, 0.4) is 0 Å². The highest BCUT2D eigenvalue weighted by atomic mass is 35.5. The number of rotatable bonds is 12. The van der Waals surface area contributed by atoms with Crippen molar-refractivity contribution in [2.45, 2.75) is 55.8 Å². The molecular weight excluding hydrogens is 687 g/mol. The third kappa shape index (κ3) is 8.83. The quantitative estimate of drug-likeness (QED) is 0.139. The van der Waals surface area contributed by atoms with E-state index in [1.807, 2.05) is 5.32 Å². The normalized spacial score (nSPS) is 15.2. The standard InChI is InChI=1S/C18H15ClF3N3O2.C16H15ClFN3O/c19-11-1-2-12(13(20)5-11)18(3-4-18)6-15-23-7-10(8-24-15)14(26)9-25-17(27)16(21)22;17-11-1-2-12(13(18)5-11)16(3-4-16)6-15-20-8-10(9-21-15)14(22)7-19/h1-2,5,7-8,16H,3-4,6,9H2,(H,25,27);1-2,5,8-9H,3-4,6-7,19H2. The number of benzene rings is 2. The molecule has 0 bridgehead atoms. The lowest BCUT2D eigenvalue weighted by Gasteiger charge is -2.16. The van der Waals surface area contributed by atoms with Gasteiger partial charge in [-0.2, -0.15) is 8.78 Å². The first-order chi connectivity index (χ1) is 23.3. The van der Waals surface area contributed by atoms with Crippen LogP contribution < -0.4 is 11.1 Å². The third-order valence-corrected chi connectivity index (χ3v) is 9.04.